The lowest BCUT2D eigenvalue weighted by Gasteiger charge is -2.05. The summed E-state index contributed by atoms with van der Waals surface area (Å²) in [5.41, 5.74) is 4.43. The van der Waals surface area contributed by atoms with Crippen molar-refractivity contribution in [2.45, 2.75) is 36.1 Å². The zero-order chi connectivity index (χ0) is 13.4. The molecule has 0 fully saturated rings. The first-order chi connectivity index (χ1) is 9.19. The maximum absolute atomic E-state index is 9.23. The summed E-state index contributed by atoms with van der Waals surface area (Å²) >= 11 is 1.63. The van der Waals surface area contributed by atoms with Crippen LogP contribution in [0.5, 0.6) is 0 Å². The third kappa shape index (κ3) is 2.15. The minimum absolute atomic E-state index is 0.688. The molecule has 0 spiro atoms. The highest BCUT2D eigenvalue weighted by Crippen LogP contribution is 2.34. The van der Waals surface area contributed by atoms with E-state index >= 15 is 0 Å². The number of nitrogens with zero attached hydrogens (tertiary/aromatic N) is 3. The third-order valence-electron chi connectivity index (χ3n) is 3.57. The van der Waals surface area contributed by atoms with E-state index in [9.17, 15) is 5.26 Å². The van der Waals surface area contributed by atoms with Gasteiger partial charge in [-0.2, -0.15) is 10.4 Å². The lowest BCUT2D eigenvalue weighted by atomic mass is 10.1. The van der Waals surface area contributed by atoms with Gasteiger partial charge in [0.15, 0.2) is 0 Å². The maximum atomic E-state index is 9.23. The molecule has 19 heavy (non-hydrogen) atoms. The van der Waals surface area contributed by atoms with Crippen molar-refractivity contribution in [3.63, 3.8) is 0 Å². The summed E-state index contributed by atoms with van der Waals surface area (Å²) in [5.74, 6) is 0. The number of aromatic nitrogens is 2. The van der Waals surface area contributed by atoms with Crippen molar-refractivity contribution in [1.82, 2.24) is 9.78 Å². The molecule has 1 aliphatic rings. The molecular weight excluding hydrogens is 254 g/mol. The fourth-order valence-electron chi connectivity index (χ4n) is 2.61. The number of nitriles is 1. The first-order valence-electron chi connectivity index (χ1n) is 6.42. The Morgan fingerprint density at radius 1 is 1.32 bits per heavy atom. The molecule has 96 valence electrons. The molecule has 3 nitrogen and oxygen atoms in total. The van der Waals surface area contributed by atoms with Gasteiger partial charge < -0.3 is 0 Å². The quantitative estimate of drug-likeness (QED) is 0.840. The summed E-state index contributed by atoms with van der Waals surface area (Å²) in [5, 5.41) is 14.5. The van der Waals surface area contributed by atoms with Crippen LogP contribution in [0, 0.1) is 18.3 Å². The first kappa shape index (κ1) is 12.3. The molecule has 0 unspecified atom stereocenters. The smallest absolute Gasteiger partial charge is 0.117 e. The Hall–Kier alpha value is -1.73. The lowest BCUT2D eigenvalue weighted by Crippen LogP contribution is -1.93. The molecular formula is C15H15N3S. The summed E-state index contributed by atoms with van der Waals surface area (Å²) in [4.78, 5) is 1.19. The van der Waals surface area contributed by atoms with Crippen LogP contribution in [0.25, 0.3) is 0 Å². The Balaban J connectivity index is 1.96. The zero-order valence-corrected chi connectivity index (χ0v) is 11.9. The normalized spacial score (nSPS) is 13.3. The number of hydrogen-bond acceptors (Lipinski definition) is 3. The van der Waals surface area contributed by atoms with Gasteiger partial charge in [-0.05, 0) is 49.4 Å². The molecule has 1 aromatic carbocycles. The first-order valence-corrected chi connectivity index (χ1v) is 7.24. The van der Waals surface area contributed by atoms with Crippen LogP contribution in [0.1, 0.15) is 28.8 Å². The minimum Gasteiger partial charge on any atom is -0.260 e. The van der Waals surface area contributed by atoms with Crippen LogP contribution in [-0.4, -0.2) is 9.78 Å². The van der Waals surface area contributed by atoms with Gasteiger partial charge in [-0.1, -0.05) is 17.8 Å². The van der Waals surface area contributed by atoms with E-state index in [2.05, 4.69) is 29.4 Å². The molecule has 0 bridgehead atoms. The molecule has 1 aliphatic carbocycles. The number of hydrogen-bond donors (Lipinski definition) is 0. The van der Waals surface area contributed by atoms with E-state index in [-0.39, 0.29) is 0 Å². The monoisotopic (exact) mass is 269 g/mol. The molecule has 1 aromatic heterocycles. The predicted molar refractivity (Wildman–Crippen MR) is 75.3 cm³/mol. The SMILES string of the molecule is Cc1nn(C)c(Sc2ccc3c(c2)CCC3)c1C#N. The molecule has 0 saturated heterocycles. The van der Waals surface area contributed by atoms with Gasteiger partial charge in [0.2, 0.25) is 0 Å². The van der Waals surface area contributed by atoms with E-state index in [0.717, 1.165) is 10.7 Å². The van der Waals surface area contributed by atoms with Crippen molar-refractivity contribution in [3.05, 3.63) is 40.6 Å². The Morgan fingerprint density at radius 2 is 2.11 bits per heavy atom. The zero-order valence-electron chi connectivity index (χ0n) is 11.1. The number of rotatable bonds is 2. The number of fused-ring (bicyclic) bond motifs is 1. The van der Waals surface area contributed by atoms with Crippen LogP contribution in [0.2, 0.25) is 0 Å². The Kier molecular flexibility index (Phi) is 3.08. The largest absolute Gasteiger partial charge is 0.260 e. The second kappa shape index (κ2) is 4.75. The highest BCUT2D eigenvalue weighted by atomic mass is 32.2. The summed E-state index contributed by atoms with van der Waals surface area (Å²) in [6.45, 7) is 1.88. The van der Waals surface area contributed by atoms with Gasteiger partial charge in [-0.15, -0.1) is 0 Å². The molecule has 1 heterocycles. The summed E-state index contributed by atoms with van der Waals surface area (Å²) in [6, 6.07) is 8.89. The van der Waals surface area contributed by atoms with Gasteiger partial charge in [0.1, 0.15) is 16.7 Å². The van der Waals surface area contributed by atoms with Crippen molar-refractivity contribution in [1.29, 1.82) is 5.26 Å². The van der Waals surface area contributed by atoms with Crippen molar-refractivity contribution >= 4 is 11.8 Å². The van der Waals surface area contributed by atoms with Gasteiger partial charge in [-0.25, -0.2) is 0 Å². The topological polar surface area (TPSA) is 41.6 Å². The average molecular weight is 269 g/mol. The average Bonchev–Trinajstić information content (AvgIpc) is 2.94. The molecule has 0 radical (unpaired) electrons. The highest BCUT2D eigenvalue weighted by molar-refractivity contribution is 7.99. The minimum atomic E-state index is 0.688. The lowest BCUT2D eigenvalue weighted by molar-refractivity contribution is 0.691. The van der Waals surface area contributed by atoms with E-state index in [4.69, 9.17) is 0 Å². The second-order valence-corrected chi connectivity index (χ2v) is 5.95. The van der Waals surface area contributed by atoms with Crippen LogP contribution in [0.3, 0.4) is 0 Å². The second-order valence-electron chi connectivity index (χ2n) is 4.89. The van der Waals surface area contributed by atoms with E-state index < -0.39 is 0 Å². The van der Waals surface area contributed by atoms with Crippen molar-refractivity contribution in [2.24, 2.45) is 7.05 Å². The van der Waals surface area contributed by atoms with Crippen LogP contribution < -0.4 is 0 Å². The van der Waals surface area contributed by atoms with Gasteiger partial charge >= 0.3 is 0 Å². The summed E-state index contributed by atoms with van der Waals surface area (Å²) in [7, 11) is 1.89. The van der Waals surface area contributed by atoms with Crippen molar-refractivity contribution < 1.29 is 0 Å². The fourth-order valence-corrected chi connectivity index (χ4v) is 3.63. The molecule has 2 aromatic rings. The number of aryl methyl sites for hydroxylation is 4. The van der Waals surface area contributed by atoms with Gasteiger partial charge in [0.25, 0.3) is 0 Å². The molecule has 0 amide bonds. The highest BCUT2D eigenvalue weighted by Gasteiger charge is 2.16. The Labute approximate surface area is 117 Å². The molecule has 0 aliphatic heterocycles. The molecule has 4 heteroatoms. The summed E-state index contributed by atoms with van der Waals surface area (Å²) < 4.78 is 1.80. The van der Waals surface area contributed by atoms with E-state index in [1.165, 1.54) is 35.3 Å². The van der Waals surface area contributed by atoms with E-state index in [1.807, 2.05) is 14.0 Å². The van der Waals surface area contributed by atoms with Gasteiger partial charge in [0.05, 0.1) is 5.69 Å². The summed E-state index contributed by atoms with van der Waals surface area (Å²) in [6.07, 6.45) is 3.64. The Bertz CT molecular complexity index is 679. The van der Waals surface area contributed by atoms with Crippen molar-refractivity contribution in [3.8, 4) is 6.07 Å². The molecule has 0 N–H and O–H groups in total. The number of benzene rings is 1. The Morgan fingerprint density at radius 3 is 2.89 bits per heavy atom. The molecule has 0 atom stereocenters. The van der Waals surface area contributed by atoms with Gasteiger partial charge in [0, 0.05) is 11.9 Å². The third-order valence-corrected chi connectivity index (χ3v) is 4.72. The maximum Gasteiger partial charge on any atom is 0.117 e. The van der Waals surface area contributed by atoms with Crippen LogP contribution >= 0.6 is 11.8 Å². The van der Waals surface area contributed by atoms with Gasteiger partial charge in [-0.3, -0.25) is 4.68 Å². The van der Waals surface area contributed by atoms with Crippen LogP contribution in [0.15, 0.2) is 28.1 Å². The molecule has 3 rings (SSSR count). The predicted octanol–water partition coefficient (Wildman–Crippen LogP) is 3.24. The molecule has 0 saturated carbocycles. The standard InChI is InChI=1S/C15H15N3S/c1-10-14(9-16)15(18(2)17-10)19-13-7-6-11-4-3-5-12(11)8-13/h6-8H,3-5H2,1-2H3. The van der Waals surface area contributed by atoms with E-state index in [0.29, 0.717) is 5.56 Å². The van der Waals surface area contributed by atoms with Crippen LogP contribution in [0.4, 0.5) is 0 Å². The fraction of sp³-hybridized carbons (Fsp3) is 0.333. The van der Waals surface area contributed by atoms with Crippen LogP contribution in [-0.2, 0) is 19.9 Å². The van der Waals surface area contributed by atoms with E-state index in [1.54, 1.807) is 16.4 Å². The van der Waals surface area contributed by atoms with Crippen molar-refractivity contribution in [2.75, 3.05) is 0 Å².